The number of halogens is 5. The van der Waals surface area contributed by atoms with Crippen molar-refractivity contribution in [2.45, 2.75) is 44.4 Å². The predicted octanol–water partition coefficient (Wildman–Crippen LogP) is 5.56. The fraction of sp³-hybridized carbons (Fsp3) is 0.435. The van der Waals surface area contributed by atoms with Crippen LogP contribution < -0.4 is 11.1 Å². The zero-order valence-electron chi connectivity index (χ0n) is 17.9. The van der Waals surface area contributed by atoms with E-state index in [0.717, 1.165) is 18.9 Å². The molecule has 0 heterocycles. The number of aliphatic hydroxyl groups excluding tert-OH is 1. The molecule has 2 aromatic carbocycles. The van der Waals surface area contributed by atoms with E-state index in [1.54, 1.807) is 12.1 Å². The van der Waals surface area contributed by atoms with Crippen molar-refractivity contribution in [3.8, 4) is 0 Å². The van der Waals surface area contributed by atoms with Gasteiger partial charge in [0.2, 0.25) is 0 Å². The summed E-state index contributed by atoms with van der Waals surface area (Å²) in [6.07, 6.45) is -2.87. The largest absolute Gasteiger partial charge is 0.465 e. The van der Waals surface area contributed by atoms with Crippen LogP contribution in [0.3, 0.4) is 0 Å². The second-order valence-corrected chi connectivity index (χ2v) is 8.37. The first kappa shape index (κ1) is 27.2. The lowest BCUT2D eigenvalue weighted by atomic mass is 10.0. The van der Waals surface area contributed by atoms with Crippen molar-refractivity contribution < 1.29 is 27.8 Å². The Labute approximate surface area is 201 Å². The number of anilines is 1. The number of hydrogen-bond acceptors (Lipinski definition) is 5. The maximum Gasteiger partial charge on any atom is 0.416 e. The normalized spacial score (nSPS) is 12.5. The molecular formula is C23H27Cl2F3N2O3. The van der Waals surface area contributed by atoms with Crippen LogP contribution in [0.15, 0.2) is 36.4 Å². The summed E-state index contributed by atoms with van der Waals surface area (Å²) in [6.45, 7) is 0.847. The van der Waals surface area contributed by atoms with Crippen LogP contribution >= 0.6 is 23.2 Å². The average molecular weight is 507 g/mol. The van der Waals surface area contributed by atoms with Crippen LogP contribution in [0.1, 0.15) is 48.5 Å². The van der Waals surface area contributed by atoms with Gasteiger partial charge in [-0.3, -0.25) is 4.79 Å². The molecule has 182 valence electrons. The molecule has 0 saturated carbocycles. The minimum atomic E-state index is -4.43. The van der Waals surface area contributed by atoms with Gasteiger partial charge in [-0.25, -0.2) is 0 Å². The Balaban J connectivity index is 1.57. The quantitative estimate of drug-likeness (QED) is 0.199. The zero-order valence-corrected chi connectivity index (χ0v) is 19.4. The number of nitrogens with one attached hydrogen (secondary N) is 1. The Bertz CT molecular complexity index is 903. The van der Waals surface area contributed by atoms with Gasteiger partial charge in [-0.05, 0) is 48.7 Å². The molecule has 0 bridgehead atoms. The number of ether oxygens (including phenoxy) is 1. The van der Waals surface area contributed by atoms with E-state index in [0.29, 0.717) is 25.1 Å². The summed E-state index contributed by atoms with van der Waals surface area (Å²) in [4.78, 5) is 11.8. The lowest BCUT2D eigenvalue weighted by Gasteiger charge is -2.14. The molecule has 0 amide bonds. The Hall–Kier alpha value is -2.00. The first-order valence-corrected chi connectivity index (χ1v) is 11.3. The van der Waals surface area contributed by atoms with Crippen LogP contribution in [0.5, 0.6) is 0 Å². The van der Waals surface area contributed by atoms with Gasteiger partial charge in [-0.15, -0.1) is 0 Å². The predicted molar refractivity (Wildman–Crippen MR) is 123 cm³/mol. The fourth-order valence-electron chi connectivity index (χ4n) is 3.21. The van der Waals surface area contributed by atoms with E-state index in [4.69, 9.17) is 33.7 Å². The average Bonchev–Trinajstić information content (AvgIpc) is 2.76. The molecule has 33 heavy (non-hydrogen) atoms. The van der Waals surface area contributed by atoms with Crippen LogP contribution in [-0.2, 0) is 22.1 Å². The first-order valence-electron chi connectivity index (χ1n) is 10.5. The third-order valence-corrected chi connectivity index (χ3v) is 5.64. The highest BCUT2D eigenvalue weighted by molar-refractivity contribution is 6.38. The van der Waals surface area contributed by atoms with Crippen LogP contribution in [0.25, 0.3) is 0 Å². The van der Waals surface area contributed by atoms with Gasteiger partial charge in [0.1, 0.15) is 0 Å². The van der Waals surface area contributed by atoms with Gasteiger partial charge in [-0.2, -0.15) is 13.2 Å². The number of aliphatic hydroxyl groups is 1. The number of nitrogen functional groups attached to an aromatic ring is 1. The van der Waals surface area contributed by atoms with Gasteiger partial charge in [-0.1, -0.05) is 47.8 Å². The maximum atomic E-state index is 13.0. The van der Waals surface area contributed by atoms with E-state index in [-0.39, 0.29) is 40.7 Å². The number of carbonyl (C=O) groups excluding carboxylic acids is 1. The van der Waals surface area contributed by atoms with Gasteiger partial charge in [0.05, 0.1) is 34.0 Å². The molecule has 0 fully saturated rings. The molecule has 0 aliphatic carbocycles. The summed E-state index contributed by atoms with van der Waals surface area (Å²) in [7, 11) is 0. The molecule has 1 unspecified atom stereocenters. The Morgan fingerprint density at radius 1 is 1.12 bits per heavy atom. The summed E-state index contributed by atoms with van der Waals surface area (Å²) in [5, 5.41) is 13.9. The lowest BCUT2D eigenvalue weighted by Crippen LogP contribution is -2.22. The van der Waals surface area contributed by atoms with E-state index in [9.17, 15) is 23.1 Å². The molecule has 5 nitrogen and oxygen atoms in total. The van der Waals surface area contributed by atoms with Crippen molar-refractivity contribution in [3.63, 3.8) is 0 Å². The molecule has 0 aromatic heterocycles. The Morgan fingerprint density at radius 3 is 2.45 bits per heavy atom. The van der Waals surface area contributed by atoms with Crippen molar-refractivity contribution in [2.75, 3.05) is 25.4 Å². The highest BCUT2D eigenvalue weighted by Gasteiger charge is 2.32. The number of unbranched alkanes of at least 4 members (excludes halogenated alkanes) is 2. The minimum absolute atomic E-state index is 0.0120. The molecule has 2 rings (SSSR count). The van der Waals surface area contributed by atoms with E-state index < -0.39 is 23.8 Å². The Kier molecular flexibility index (Phi) is 10.8. The van der Waals surface area contributed by atoms with Gasteiger partial charge >= 0.3 is 12.1 Å². The fourth-order valence-corrected chi connectivity index (χ4v) is 3.71. The van der Waals surface area contributed by atoms with E-state index in [1.165, 1.54) is 18.2 Å². The summed E-state index contributed by atoms with van der Waals surface area (Å²) in [5.41, 5.74) is 5.91. The summed E-state index contributed by atoms with van der Waals surface area (Å²) < 4.78 is 44.0. The van der Waals surface area contributed by atoms with E-state index in [2.05, 4.69) is 5.32 Å². The SMILES string of the molecule is Nc1c(Cl)cc(C(O)CNCCCCCC(=O)OCCc2ccccc2C(F)(F)F)cc1Cl. The molecule has 2 aromatic rings. The van der Waals surface area contributed by atoms with Crippen molar-refractivity contribution >= 4 is 34.9 Å². The number of hydrogen-bond donors (Lipinski definition) is 3. The second-order valence-electron chi connectivity index (χ2n) is 7.55. The third-order valence-electron chi connectivity index (χ3n) is 5.02. The highest BCUT2D eigenvalue weighted by atomic mass is 35.5. The van der Waals surface area contributed by atoms with Crippen molar-refractivity contribution in [1.29, 1.82) is 0 Å². The minimum Gasteiger partial charge on any atom is -0.465 e. The van der Waals surface area contributed by atoms with Crippen LogP contribution in [0, 0.1) is 0 Å². The monoisotopic (exact) mass is 506 g/mol. The molecule has 4 N–H and O–H groups in total. The number of carbonyl (C=O) groups is 1. The zero-order chi connectivity index (χ0) is 24.4. The second kappa shape index (κ2) is 13.0. The van der Waals surface area contributed by atoms with Gasteiger partial charge in [0.25, 0.3) is 0 Å². The molecule has 1 atom stereocenters. The number of alkyl halides is 3. The maximum absolute atomic E-state index is 13.0. The van der Waals surface area contributed by atoms with Gasteiger partial charge in [0.15, 0.2) is 0 Å². The molecule has 0 saturated heterocycles. The molecule has 0 radical (unpaired) electrons. The number of benzene rings is 2. The summed E-state index contributed by atoms with van der Waals surface area (Å²) >= 11 is 11.9. The molecular weight excluding hydrogens is 480 g/mol. The van der Waals surface area contributed by atoms with Crippen LogP contribution in [-0.4, -0.2) is 30.8 Å². The summed E-state index contributed by atoms with van der Waals surface area (Å²) in [5.74, 6) is -0.431. The topological polar surface area (TPSA) is 84.6 Å². The molecule has 0 spiro atoms. The van der Waals surface area contributed by atoms with E-state index >= 15 is 0 Å². The van der Waals surface area contributed by atoms with Crippen LogP contribution in [0.4, 0.5) is 18.9 Å². The van der Waals surface area contributed by atoms with Crippen LogP contribution in [0.2, 0.25) is 10.0 Å². The molecule has 10 heteroatoms. The third kappa shape index (κ3) is 9.04. The molecule has 0 aliphatic heterocycles. The summed E-state index contributed by atoms with van der Waals surface area (Å²) in [6, 6.07) is 8.41. The molecule has 0 aliphatic rings. The smallest absolute Gasteiger partial charge is 0.416 e. The number of esters is 1. The van der Waals surface area contributed by atoms with Gasteiger partial charge in [0, 0.05) is 19.4 Å². The van der Waals surface area contributed by atoms with Gasteiger partial charge < -0.3 is 20.9 Å². The standard InChI is InChI=1S/C23H27Cl2F3N2O3/c24-18-12-16(13-19(25)22(18)29)20(31)14-30-10-5-1-2-8-21(32)33-11-9-15-6-3-4-7-17(15)23(26,27)28/h3-4,6-7,12-13,20,30-31H,1-2,5,8-11,14,29H2. The van der Waals surface area contributed by atoms with Crippen molar-refractivity contribution in [2.24, 2.45) is 0 Å². The van der Waals surface area contributed by atoms with Crippen molar-refractivity contribution in [1.82, 2.24) is 5.32 Å². The number of rotatable bonds is 12. The number of nitrogens with two attached hydrogens (primary N) is 1. The van der Waals surface area contributed by atoms with Crippen molar-refractivity contribution in [3.05, 3.63) is 63.1 Å². The Morgan fingerprint density at radius 2 is 1.79 bits per heavy atom. The first-order chi connectivity index (χ1) is 15.6. The lowest BCUT2D eigenvalue weighted by molar-refractivity contribution is -0.143. The highest BCUT2D eigenvalue weighted by Crippen LogP contribution is 2.32. The van der Waals surface area contributed by atoms with E-state index in [1.807, 2.05) is 0 Å².